The normalized spacial score (nSPS) is 15.9. The second-order valence-corrected chi connectivity index (χ2v) is 8.63. The van der Waals surface area contributed by atoms with Crippen molar-refractivity contribution in [2.24, 2.45) is 0 Å². The Kier molecular flexibility index (Phi) is 6.28. The molecule has 1 aromatic carbocycles. The molecular weight excluding hydrogens is 386 g/mol. The van der Waals surface area contributed by atoms with E-state index < -0.39 is 0 Å². The SMILES string of the molecule is CCN1CCN(C(=O)CC(c2ccc(N(C)C)cc2)c2cnc3c(C)cccn23)CC1. The summed E-state index contributed by atoms with van der Waals surface area (Å²) in [5, 5.41) is 0. The summed E-state index contributed by atoms with van der Waals surface area (Å²) in [6, 6.07) is 12.7. The van der Waals surface area contributed by atoms with Crippen LogP contribution in [0, 0.1) is 6.92 Å². The number of hydrogen-bond donors (Lipinski definition) is 0. The lowest BCUT2D eigenvalue weighted by atomic mass is 9.91. The summed E-state index contributed by atoms with van der Waals surface area (Å²) in [6.07, 6.45) is 4.45. The third kappa shape index (κ3) is 4.44. The fraction of sp³-hybridized carbons (Fsp3) is 0.440. The van der Waals surface area contributed by atoms with Gasteiger partial charge in [-0.1, -0.05) is 25.1 Å². The summed E-state index contributed by atoms with van der Waals surface area (Å²) in [7, 11) is 4.08. The maximum atomic E-state index is 13.3. The van der Waals surface area contributed by atoms with Crippen molar-refractivity contribution in [2.75, 3.05) is 51.7 Å². The molecule has 6 nitrogen and oxygen atoms in total. The highest BCUT2D eigenvalue weighted by atomic mass is 16.2. The monoisotopic (exact) mass is 419 g/mol. The van der Waals surface area contributed by atoms with Crippen LogP contribution in [0.25, 0.3) is 5.65 Å². The minimum atomic E-state index is -0.0373. The van der Waals surface area contributed by atoms with E-state index in [2.05, 4.69) is 69.6 Å². The molecular formula is C25H33N5O. The highest BCUT2D eigenvalue weighted by Gasteiger charge is 2.27. The Morgan fingerprint density at radius 2 is 1.81 bits per heavy atom. The number of pyridine rings is 1. The molecule has 0 bridgehead atoms. The molecule has 1 saturated heterocycles. The number of fused-ring (bicyclic) bond motifs is 1. The number of carbonyl (C=O) groups excluding carboxylic acids is 1. The van der Waals surface area contributed by atoms with E-state index in [-0.39, 0.29) is 11.8 Å². The third-order valence-corrected chi connectivity index (χ3v) is 6.48. The van der Waals surface area contributed by atoms with Crippen molar-refractivity contribution in [2.45, 2.75) is 26.2 Å². The molecule has 1 aliphatic rings. The highest BCUT2D eigenvalue weighted by molar-refractivity contribution is 5.78. The van der Waals surface area contributed by atoms with E-state index in [9.17, 15) is 4.79 Å². The summed E-state index contributed by atoms with van der Waals surface area (Å²) in [6.45, 7) is 8.84. The Bertz CT molecular complexity index is 1030. The Labute approximate surface area is 185 Å². The van der Waals surface area contributed by atoms with Crippen LogP contribution in [0.1, 0.15) is 36.1 Å². The van der Waals surface area contributed by atoms with E-state index in [1.807, 2.05) is 31.3 Å². The quantitative estimate of drug-likeness (QED) is 0.614. The first-order valence-electron chi connectivity index (χ1n) is 11.2. The summed E-state index contributed by atoms with van der Waals surface area (Å²) < 4.78 is 2.14. The number of imidazole rings is 1. The number of nitrogens with zero attached hydrogens (tertiary/aromatic N) is 5. The smallest absolute Gasteiger partial charge is 0.223 e. The molecule has 1 aliphatic heterocycles. The molecule has 4 rings (SSSR count). The van der Waals surface area contributed by atoms with Gasteiger partial charge in [0.15, 0.2) is 0 Å². The lowest BCUT2D eigenvalue weighted by molar-refractivity contribution is -0.133. The molecule has 0 radical (unpaired) electrons. The first-order valence-corrected chi connectivity index (χ1v) is 11.2. The number of amides is 1. The number of rotatable bonds is 6. The van der Waals surface area contributed by atoms with Crippen LogP contribution in [0.2, 0.25) is 0 Å². The average molecular weight is 420 g/mol. The zero-order valence-electron chi connectivity index (χ0n) is 19.1. The Morgan fingerprint density at radius 3 is 2.45 bits per heavy atom. The van der Waals surface area contributed by atoms with Gasteiger partial charge in [-0.3, -0.25) is 4.79 Å². The summed E-state index contributed by atoms with van der Waals surface area (Å²) >= 11 is 0. The molecule has 0 spiro atoms. The number of aromatic nitrogens is 2. The van der Waals surface area contributed by atoms with Crippen molar-refractivity contribution in [1.29, 1.82) is 0 Å². The maximum absolute atomic E-state index is 13.3. The second kappa shape index (κ2) is 9.10. The first-order chi connectivity index (χ1) is 15.0. The molecule has 6 heteroatoms. The van der Waals surface area contributed by atoms with Gasteiger partial charge in [0.2, 0.25) is 5.91 Å². The lowest BCUT2D eigenvalue weighted by Crippen LogP contribution is -2.48. The average Bonchev–Trinajstić information content (AvgIpc) is 3.22. The number of hydrogen-bond acceptors (Lipinski definition) is 4. The molecule has 0 aliphatic carbocycles. The first kappa shape index (κ1) is 21.4. The molecule has 1 amide bonds. The molecule has 3 heterocycles. The fourth-order valence-corrected chi connectivity index (χ4v) is 4.44. The highest BCUT2D eigenvalue weighted by Crippen LogP contribution is 2.31. The van der Waals surface area contributed by atoms with E-state index in [1.165, 1.54) is 0 Å². The van der Waals surface area contributed by atoms with Crippen LogP contribution in [0.5, 0.6) is 0 Å². The van der Waals surface area contributed by atoms with E-state index in [0.29, 0.717) is 6.42 Å². The summed E-state index contributed by atoms with van der Waals surface area (Å²) in [5.41, 5.74) is 5.46. The minimum Gasteiger partial charge on any atom is -0.378 e. The Hall–Kier alpha value is -2.86. The Balaban J connectivity index is 1.66. The lowest BCUT2D eigenvalue weighted by Gasteiger charge is -2.34. The van der Waals surface area contributed by atoms with Crippen LogP contribution >= 0.6 is 0 Å². The molecule has 31 heavy (non-hydrogen) atoms. The van der Waals surface area contributed by atoms with Gasteiger partial charge in [-0.2, -0.15) is 0 Å². The summed E-state index contributed by atoms with van der Waals surface area (Å²) in [5.74, 6) is 0.185. The Morgan fingerprint density at radius 1 is 1.10 bits per heavy atom. The number of anilines is 1. The zero-order chi connectivity index (χ0) is 22.0. The number of carbonyl (C=O) groups is 1. The molecule has 1 atom stereocenters. The standard InChI is InChI=1S/C25H33N5O/c1-5-28-13-15-29(16-14-28)24(31)17-22(20-8-10-21(11-9-20)27(3)4)23-18-26-25-19(2)7-6-12-30(23)25/h6-12,18,22H,5,13-17H2,1-4H3. The number of benzene rings is 1. The van der Waals surface area contributed by atoms with Crippen LogP contribution in [0.3, 0.4) is 0 Å². The van der Waals surface area contributed by atoms with Gasteiger partial charge < -0.3 is 19.1 Å². The van der Waals surface area contributed by atoms with E-state index >= 15 is 0 Å². The van der Waals surface area contributed by atoms with Crippen molar-refractivity contribution in [3.05, 3.63) is 65.6 Å². The van der Waals surface area contributed by atoms with Gasteiger partial charge in [0.05, 0.1) is 5.69 Å². The predicted molar refractivity (Wildman–Crippen MR) is 126 cm³/mol. The molecule has 1 unspecified atom stereocenters. The van der Waals surface area contributed by atoms with E-state index in [1.54, 1.807) is 0 Å². The van der Waals surface area contributed by atoms with Crippen LogP contribution in [-0.4, -0.2) is 71.9 Å². The van der Waals surface area contributed by atoms with Crippen molar-refractivity contribution < 1.29 is 4.79 Å². The van der Waals surface area contributed by atoms with Gasteiger partial charge in [0, 0.05) is 70.7 Å². The van der Waals surface area contributed by atoms with E-state index in [4.69, 9.17) is 0 Å². The van der Waals surface area contributed by atoms with Crippen LogP contribution in [0.15, 0.2) is 48.8 Å². The number of aryl methyl sites for hydroxylation is 1. The van der Waals surface area contributed by atoms with Gasteiger partial charge in [-0.15, -0.1) is 0 Å². The molecule has 0 N–H and O–H groups in total. The molecule has 3 aromatic rings. The van der Waals surface area contributed by atoms with Gasteiger partial charge >= 0.3 is 0 Å². The van der Waals surface area contributed by atoms with Crippen LogP contribution in [0.4, 0.5) is 5.69 Å². The predicted octanol–water partition coefficient (Wildman–Crippen LogP) is 3.39. The maximum Gasteiger partial charge on any atom is 0.223 e. The zero-order valence-corrected chi connectivity index (χ0v) is 19.1. The fourth-order valence-electron chi connectivity index (χ4n) is 4.44. The van der Waals surface area contributed by atoms with Crippen molar-refractivity contribution in [3.8, 4) is 0 Å². The number of piperazine rings is 1. The topological polar surface area (TPSA) is 44.1 Å². The van der Waals surface area contributed by atoms with Crippen LogP contribution in [-0.2, 0) is 4.79 Å². The van der Waals surface area contributed by atoms with Crippen molar-refractivity contribution in [1.82, 2.24) is 19.2 Å². The minimum absolute atomic E-state index is 0.0373. The third-order valence-electron chi connectivity index (χ3n) is 6.48. The van der Waals surface area contributed by atoms with Crippen molar-refractivity contribution >= 4 is 17.2 Å². The number of likely N-dealkylation sites (N-methyl/N-ethyl adjacent to an activating group) is 1. The van der Waals surface area contributed by atoms with Gasteiger partial charge in [0.1, 0.15) is 5.65 Å². The van der Waals surface area contributed by atoms with Gasteiger partial charge in [-0.25, -0.2) is 4.98 Å². The molecule has 2 aromatic heterocycles. The molecule has 164 valence electrons. The largest absolute Gasteiger partial charge is 0.378 e. The van der Waals surface area contributed by atoms with Gasteiger partial charge in [0.25, 0.3) is 0 Å². The van der Waals surface area contributed by atoms with Crippen molar-refractivity contribution in [3.63, 3.8) is 0 Å². The second-order valence-electron chi connectivity index (χ2n) is 8.63. The van der Waals surface area contributed by atoms with E-state index in [0.717, 1.165) is 60.9 Å². The van der Waals surface area contributed by atoms with Crippen LogP contribution < -0.4 is 4.90 Å². The molecule has 0 saturated carbocycles. The van der Waals surface area contributed by atoms with Gasteiger partial charge in [-0.05, 0) is 42.8 Å². The molecule has 1 fully saturated rings. The summed E-state index contributed by atoms with van der Waals surface area (Å²) in [4.78, 5) is 24.5.